The van der Waals surface area contributed by atoms with Crippen LogP contribution in [0.4, 0.5) is 0 Å². The summed E-state index contributed by atoms with van der Waals surface area (Å²) in [6.45, 7) is 0.284. The highest BCUT2D eigenvalue weighted by Gasteiger charge is 2.10. The molecule has 0 saturated carbocycles. The summed E-state index contributed by atoms with van der Waals surface area (Å²) in [6.07, 6.45) is 3.45. The first-order valence-corrected chi connectivity index (χ1v) is 8.38. The van der Waals surface area contributed by atoms with Crippen molar-refractivity contribution in [2.45, 2.75) is 6.61 Å². The first-order chi connectivity index (χ1) is 11.8. The number of aromatic nitrogens is 5. The van der Waals surface area contributed by atoms with Crippen LogP contribution in [-0.2, 0) is 6.61 Å². The minimum Gasteiger partial charge on any atom is -0.484 e. The molecule has 0 spiro atoms. The van der Waals surface area contributed by atoms with Crippen molar-refractivity contribution in [2.75, 3.05) is 0 Å². The van der Waals surface area contributed by atoms with Crippen LogP contribution in [0.2, 0.25) is 0 Å². The Morgan fingerprint density at radius 2 is 1.88 bits per heavy atom. The molecule has 118 valence electrons. The fourth-order valence-corrected chi connectivity index (χ4v) is 2.80. The fourth-order valence-electron chi connectivity index (χ4n) is 2.31. The zero-order chi connectivity index (χ0) is 16.4. The van der Waals surface area contributed by atoms with Crippen molar-refractivity contribution in [1.29, 1.82) is 0 Å². The standard InChI is InChI=1S/C17H12IN5O/c18-13-10-19-9-8-15(13)24-11-17-21-20-16-7-6-14(22-23(16)17)12-4-2-1-3-5-12/h1-10H,11H2. The highest BCUT2D eigenvalue weighted by Crippen LogP contribution is 2.20. The van der Waals surface area contributed by atoms with E-state index in [2.05, 4.69) is 42.9 Å². The van der Waals surface area contributed by atoms with Gasteiger partial charge in [0.15, 0.2) is 11.5 Å². The first-order valence-electron chi connectivity index (χ1n) is 7.30. The van der Waals surface area contributed by atoms with Crippen molar-refractivity contribution >= 4 is 28.2 Å². The molecule has 3 aromatic heterocycles. The maximum atomic E-state index is 5.82. The molecule has 1 aromatic carbocycles. The van der Waals surface area contributed by atoms with Gasteiger partial charge in [-0.15, -0.1) is 10.2 Å². The van der Waals surface area contributed by atoms with Gasteiger partial charge in [0.2, 0.25) is 0 Å². The van der Waals surface area contributed by atoms with Crippen LogP contribution < -0.4 is 4.74 Å². The lowest BCUT2D eigenvalue weighted by Crippen LogP contribution is -2.05. The number of nitrogens with zero attached hydrogens (tertiary/aromatic N) is 5. The van der Waals surface area contributed by atoms with E-state index in [9.17, 15) is 0 Å². The Kier molecular flexibility index (Phi) is 4.08. The summed E-state index contributed by atoms with van der Waals surface area (Å²) in [7, 11) is 0. The van der Waals surface area contributed by atoms with E-state index >= 15 is 0 Å². The molecule has 0 unspecified atom stereocenters. The number of rotatable bonds is 4. The van der Waals surface area contributed by atoms with Crippen molar-refractivity contribution in [1.82, 2.24) is 24.8 Å². The summed E-state index contributed by atoms with van der Waals surface area (Å²) in [4.78, 5) is 4.05. The van der Waals surface area contributed by atoms with Crippen LogP contribution in [0.15, 0.2) is 60.9 Å². The number of ether oxygens (including phenoxy) is 1. The van der Waals surface area contributed by atoms with E-state index in [1.165, 1.54) is 0 Å². The van der Waals surface area contributed by atoms with Crippen LogP contribution in [-0.4, -0.2) is 24.8 Å². The van der Waals surface area contributed by atoms with E-state index in [-0.39, 0.29) is 6.61 Å². The molecule has 0 radical (unpaired) electrons. The normalized spacial score (nSPS) is 10.9. The molecule has 4 aromatic rings. The molecule has 0 amide bonds. The largest absolute Gasteiger partial charge is 0.484 e. The van der Waals surface area contributed by atoms with Crippen molar-refractivity contribution in [3.05, 3.63) is 70.3 Å². The van der Waals surface area contributed by atoms with E-state index in [0.29, 0.717) is 11.5 Å². The molecule has 0 aliphatic rings. The van der Waals surface area contributed by atoms with Gasteiger partial charge < -0.3 is 4.74 Å². The van der Waals surface area contributed by atoms with E-state index in [1.54, 1.807) is 16.9 Å². The Bertz CT molecular complexity index is 987. The van der Waals surface area contributed by atoms with Crippen LogP contribution in [0.5, 0.6) is 5.75 Å². The monoisotopic (exact) mass is 429 g/mol. The molecule has 24 heavy (non-hydrogen) atoms. The minimum absolute atomic E-state index is 0.284. The smallest absolute Gasteiger partial charge is 0.192 e. The highest BCUT2D eigenvalue weighted by atomic mass is 127. The number of hydrogen-bond donors (Lipinski definition) is 0. The molecule has 0 fully saturated rings. The molecular weight excluding hydrogens is 417 g/mol. The molecule has 0 bridgehead atoms. The summed E-state index contributed by atoms with van der Waals surface area (Å²) in [6, 6.07) is 15.7. The van der Waals surface area contributed by atoms with Crippen LogP contribution >= 0.6 is 22.6 Å². The Balaban J connectivity index is 1.65. The molecule has 4 rings (SSSR count). The third-order valence-electron chi connectivity index (χ3n) is 3.49. The van der Waals surface area contributed by atoms with Crippen molar-refractivity contribution in [3.63, 3.8) is 0 Å². The van der Waals surface area contributed by atoms with Gasteiger partial charge in [-0.05, 0) is 40.8 Å². The van der Waals surface area contributed by atoms with Gasteiger partial charge in [-0.3, -0.25) is 4.98 Å². The SMILES string of the molecule is Ic1cnccc1OCc1nnc2ccc(-c3ccccc3)nn12. The van der Waals surface area contributed by atoms with Gasteiger partial charge in [0, 0.05) is 18.0 Å². The molecule has 6 nitrogen and oxygen atoms in total. The molecule has 0 aliphatic carbocycles. The Hall–Kier alpha value is -2.55. The summed E-state index contributed by atoms with van der Waals surface area (Å²) in [5.74, 6) is 1.41. The average Bonchev–Trinajstić information content (AvgIpc) is 3.04. The highest BCUT2D eigenvalue weighted by molar-refractivity contribution is 14.1. The second-order valence-electron chi connectivity index (χ2n) is 5.07. The summed E-state index contributed by atoms with van der Waals surface area (Å²) in [5, 5.41) is 13.0. The summed E-state index contributed by atoms with van der Waals surface area (Å²) < 4.78 is 8.49. The number of fused-ring (bicyclic) bond motifs is 1. The van der Waals surface area contributed by atoms with Crippen molar-refractivity contribution in [3.8, 4) is 17.0 Å². The quantitative estimate of drug-likeness (QED) is 0.466. The molecular formula is C17H12IN5O. The molecule has 0 aliphatic heterocycles. The molecule has 3 heterocycles. The van der Waals surface area contributed by atoms with Crippen molar-refractivity contribution in [2.24, 2.45) is 0 Å². The Morgan fingerprint density at radius 1 is 1.00 bits per heavy atom. The topological polar surface area (TPSA) is 65.2 Å². The molecule has 7 heteroatoms. The van der Waals surface area contributed by atoms with E-state index in [0.717, 1.165) is 20.6 Å². The maximum absolute atomic E-state index is 5.82. The second kappa shape index (κ2) is 6.52. The lowest BCUT2D eigenvalue weighted by atomic mass is 10.1. The zero-order valence-corrected chi connectivity index (χ0v) is 14.7. The lowest BCUT2D eigenvalue weighted by Gasteiger charge is -2.06. The van der Waals surface area contributed by atoms with Gasteiger partial charge in [-0.25, -0.2) is 0 Å². The fraction of sp³-hybridized carbons (Fsp3) is 0.0588. The Morgan fingerprint density at radius 3 is 2.71 bits per heavy atom. The van der Waals surface area contributed by atoms with Gasteiger partial charge in [0.1, 0.15) is 12.4 Å². The van der Waals surface area contributed by atoms with E-state index in [1.807, 2.05) is 48.5 Å². The van der Waals surface area contributed by atoms with Crippen LogP contribution in [0.25, 0.3) is 16.9 Å². The third-order valence-corrected chi connectivity index (χ3v) is 4.30. The predicted molar refractivity (Wildman–Crippen MR) is 97.5 cm³/mol. The third kappa shape index (κ3) is 2.94. The van der Waals surface area contributed by atoms with E-state index < -0.39 is 0 Å². The average molecular weight is 429 g/mol. The number of benzene rings is 1. The zero-order valence-electron chi connectivity index (χ0n) is 12.5. The van der Waals surface area contributed by atoms with Crippen LogP contribution in [0, 0.1) is 3.57 Å². The van der Waals surface area contributed by atoms with Gasteiger partial charge >= 0.3 is 0 Å². The van der Waals surface area contributed by atoms with E-state index in [4.69, 9.17) is 4.74 Å². The van der Waals surface area contributed by atoms with Gasteiger partial charge in [-0.2, -0.15) is 9.61 Å². The van der Waals surface area contributed by atoms with Crippen LogP contribution in [0.3, 0.4) is 0 Å². The number of pyridine rings is 1. The summed E-state index contributed by atoms with van der Waals surface area (Å²) >= 11 is 2.19. The molecule has 0 saturated heterocycles. The summed E-state index contributed by atoms with van der Waals surface area (Å²) in [5.41, 5.74) is 2.60. The van der Waals surface area contributed by atoms with Crippen molar-refractivity contribution < 1.29 is 4.74 Å². The molecule has 0 N–H and O–H groups in total. The first kappa shape index (κ1) is 15.0. The van der Waals surface area contributed by atoms with Gasteiger partial charge in [-0.1, -0.05) is 30.3 Å². The minimum atomic E-state index is 0.284. The van der Waals surface area contributed by atoms with Gasteiger partial charge in [0.25, 0.3) is 0 Å². The number of halogens is 1. The predicted octanol–water partition coefficient (Wildman–Crippen LogP) is 3.37. The molecule has 0 atom stereocenters. The van der Waals surface area contributed by atoms with Gasteiger partial charge in [0.05, 0.1) is 9.26 Å². The maximum Gasteiger partial charge on any atom is 0.192 e. The second-order valence-corrected chi connectivity index (χ2v) is 6.23. The Labute approximate surface area is 151 Å². The lowest BCUT2D eigenvalue weighted by molar-refractivity contribution is 0.290. The number of hydrogen-bond acceptors (Lipinski definition) is 5. The van der Waals surface area contributed by atoms with Crippen LogP contribution in [0.1, 0.15) is 5.82 Å².